The highest BCUT2D eigenvalue weighted by molar-refractivity contribution is 7.89. The summed E-state index contributed by atoms with van der Waals surface area (Å²) in [5.41, 5.74) is 0.779. The maximum atomic E-state index is 13.4. The normalized spacial score (nSPS) is 21.5. The van der Waals surface area contributed by atoms with E-state index in [1.807, 2.05) is 6.92 Å². The number of carbonyl (C=O) groups is 1. The summed E-state index contributed by atoms with van der Waals surface area (Å²) < 4.78 is 45.8. The van der Waals surface area contributed by atoms with E-state index in [0.717, 1.165) is 44.9 Å². The fourth-order valence-electron chi connectivity index (χ4n) is 5.07. The Kier molecular flexibility index (Phi) is 5.93. The zero-order chi connectivity index (χ0) is 23.9. The van der Waals surface area contributed by atoms with Gasteiger partial charge in [-0.1, -0.05) is 6.42 Å². The molecule has 1 spiro atoms. The van der Waals surface area contributed by atoms with Crippen LogP contribution in [0, 0.1) is 0 Å². The molecule has 1 N–H and O–H groups in total. The molecule has 2 aromatic carbocycles. The summed E-state index contributed by atoms with van der Waals surface area (Å²) in [4.78, 5) is 13.1. The highest BCUT2D eigenvalue weighted by Crippen LogP contribution is 2.47. The lowest BCUT2D eigenvalue weighted by Crippen LogP contribution is -2.42. The Balaban J connectivity index is 1.38. The van der Waals surface area contributed by atoms with Crippen LogP contribution < -0.4 is 19.5 Å². The van der Waals surface area contributed by atoms with E-state index in [0.29, 0.717) is 23.7 Å². The number of nitrogens with one attached hydrogen (secondary N) is 1. The van der Waals surface area contributed by atoms with Gasteiger partial charge in [0.05, 0.1) is 7.11 Å². The van der Waals surface area contributed by atoms with Crippen LogP contribution >= 0.6 is 0 Å². The number of piperidine rings is 1. The first-order chi connectivity index (χ1) is 16.3. The molecule has 1 saturated carbocycles. The van der Waals surface area contributed by atoms with Crippen molar-refractivity contribution in [3.63, 3.8) is 0 Å². The average molecular weight is 487 g/mol. The minimum Gasteiger partial charge on any atom is -0.495 e. The van der Waals surface area contributed by atoms with Gasteiger partial charge in [0.1, 0.15) is 10.6 Å². The SMILES string of the molecule is COc1ccc(C(=O)Nc2ccc3c(c2)OC2(CCCC2)O3)cc1S(=O)(=O)N1CCCC[C@@H]1C. The second-order valence-corrected chi connectivity index (χ2v) is 11.1. The molecule has 5 rings (SSSR count). The molecule has 34 heavy (non-hydrogen) atoms. The third kappa shape index (κ3) is 4.11. The molecule has 1 amide bonds. The summed E-state index contributed by atoms with van der Waals surface area (Å²) >= 11 is 0. The fraction of sp³-hybridized carbons (Fsp3) is 0.480. The van der Waals surface area contributed by atoms with Gasteiger partial charge in [-0.2, -0.15) is 4.31 Å². The number of amides is 1. The summed E-state index contributed by atoms with van der Waals surface area (Å²) in [5.74, 6) is 0.514. The smallest absolute Gasteiger partial charge is 0.255 e. The van der Waals surface area contributed by atoms with Crippen molar-refractivity contribution >= 4 is 21.6 Å². The standard InChI is InChI=1S/C25H30N2O6S/c1-17-7-3-6-14-27(17)34(29,30)23-15-18(8-10-21(23)31-2)24(28)26-19-9-11-20-22(16-19)33-25(32-20)12-4-5-13-25/h8-11,15-17H,3-7,12-14H2,1-2H3,(H,26,28)/t17-/m0/s1. The third-order valence-corrected chi connectivity index (χ3v) is 8.95. The highest BCUT2D eigenvalue weighted by atomic mass is 32.2. The first kappa shape index (κ1) is 23.0. The molecule has 1 saturated heterocycles. The van der Waals surface area contributed by atoms with Gasteiger partial charge < -0.3 is 19.5 Å². The Bertz CT molecular complexity index is 1210. The minimum absolute atomic E-state index is 0.00487. The van der Waals surface area contributed by atoms with Crippen molar-refractivity contribution in [1.29, 1.82) is 0 Å². The monoisotopic (exact) mass is 486 g/mol. The highest BCUT2D eigenvalue weighted by Gasteiger charge is 2.44. The molecule has 2 heterocycles. The molecular formula is C25H30N2O6S. The van der Waals surface area contributed by atoms with Crippen molar-refractivity contribution in [3.8, 4) is 17.2 Å². The van der Waals surface area contributed by atoms with Crippen LogP contribution in [0.15, 0.2) is 41.3 Å². The quantitative estimate of drug-likeness (QED) is 0.666. The Morgan fingerprint density at radius 2 is 1.82 bits per heavy atom. The van der Waals surface area contributed by atoms with Crippen molar-refractivity contribution in [2.75, 3.05) is 19.0 Å². The zero-order valence-corrected chi connectivity index (χ0v) is 20.3. The molecule has 0 aromatic heterocycles. The fourth-order valence-corrected chi connectivity index (χ4v) is 6.95. The number of carbonyl (C=O) groups excluding carboxylic acids is 1. The summed E-state index contributed by atoms with van der Waals surface area (Å²) in [6.45, 7) is 2.37. The number of sulfonamides is 1. The summed E-state index contributed by atoms with van der Waals surface area (Å²) in [6, 6.07) is 9.68. The summed E-state index contributed by atoms with van der Waals surface area (Å²) in [5, 5.41) is 2.85. The Morgan fingerprint density at radius 3 is 2.56 bits per heavy atom. The second kappa shape index (κ2) is 8.78. The van der Waals surface area contributed by atoms with Gasteiger partial charge in [0.15, 0.2) is 11.5 Å². The van der Waals surface area contributed by atoms with Crippen LogP contribution in [0.5, 0.6) is 17.2 Å². The van der Waals surface area contributed by atoms with E-state index in [4.69, 9.17) is 14.2 Å². The van der Waals surface area contributed by atoms with Crippen LogP contribution in [0.2, 0.25) is 0 Å². The number of fused-ring (bicyclic) bond motifs is 1. The van der Waals surface area contributed by atoms with Crippen LogP contribution in [0.4, 0.5) is 5.69 Å². The van der Waals surface area contributed by atoms with E-state index in [-0.39, 0.29) is 22.3 Å². The zero-order valence-electron chi connectivity index (χ0n) is 19.5. The number of methoxy groups -OCH3 is 1. The number of anilines is 1. The van der Waals surface area contributed by atoms with E-state index in [2.05, 4.69) is 5.32 Å². The Labute approximate surface area is 200 Å². The van der Waals surface area contributed by atoms with E-state index in [9.17, 15) is 13.2 Å². The minimum atomic E-state index is -3.81. The molecule has 2 aromatic rings. The Hall–Kier alpha value is -2.78. The maximum absolute atomic E-state index is 13.4. The van der Waals surface area contributed by atoms with Crippen molar-refractivity contribution in [1.82, 2.24) is 4.31 Å². The van der Waals surface area contributed by atoms with E-state index >= 15 is 0 Å². The van der Waals surface area contributed by atoms with Gasteiger partial charge in [-0.15, -0.1) is 0 Å². The lowest BCUT2D eigenvalue weighted by Gasteiger charge is -2.32. The number of nitrogens with zero attached hydrogens (tertiary/aromatic N) is 1. The number of rotatable bonds is 5. The molecule has 3 aliphatic rings. The van der Waals surface area contributed by atoms with Gasteiger partial charge in [-0.25, -0.2) is 8.42 Å². The number of hydrogen-bond acceptors (Lipinski definition) is 6. The second-order valence-electron chi connectivity index (χ2n) is 9.26. The molecule has 0 unspecified atom stereocenters. The maximum Gasteiger partial charge on any atom is 0.255 e. The van der Waals surface area contributed by atoms with Gasteiger partial charge in [-0.3, -0.25) is 4.79 Å². The first-order valence-electron chi connectivity index (χ1n) is 11.8. The Morgan fingerprint density at radius 1 is 1.06 bits per heavy atom. The largest absolute Gasteiger partial charge is 0.495 e. The van der Waals surface area contributed by atoms with Crippen LogP contribution in [-0.4, -0.2) is 44.1 Å². The van der Waals surface area contributed by atoms with Crippen LogP contribution in [-0.2, 0) is 10.0 Å². The molecule has 0 radical (unpaired) electrons. The predicted molar refractivity (Wildman–Crippen MR) is 127 cm³/mol. The predicted octanol–water partition coefficient (Wildman–Crippen LogP) is 4.55. The molecule has 1 aliphatic carbocycles. The summed E-state index contributed by atoms with van der Waals surface area (Å²) in [7, 11) is -2.38. The van der Waals surface area contributed by atoms with E-state index < -0.39 is 21.7 Å². The van der Waals surface area contributed by atoms with Gasteiger partial charge in [0.2, 0.25) is 10.0 Å². The van der Waals surface area contributed by atoms with Gasteiger partial charge in [0, 0.05) is 42.7 Å². The molecule has 2 aliphatic heterocycles. The lowest BCUT2D eigenvalue weighted by atomic mass is 10.1. The molecule has 0 bridgehead atoms. The molecular weight excluding hydrogens is 456 g/mol. The molecule has 1 atom stereocenters. The molecule has 8 nitrogen and oxygen atoms in total. The average Bonchev–Trinajstić information content (AvgIpc) is 3.43. The number of ether oxygens (including phenoxy) is 3. The van der Waals surface area contributed by atoms with Crippen molar-refractivity contribution < 1.29 is 27.4 Å². The van der Waals surface area contributed by atoms with Crippen LogP contribution in [0.3, 0.4) is 0 Å². The number of benzene rings is 2. The summed E-state index contributed by atoms with van der Waals surface area (Å²) in [6.07, 6.45) is 6.46. The van der Waals surface area contributed by atoms with E-state index in [1.54, 1.807) is 24.3 Å². The van der Waals surface area contributed by atoms with Gasteiger partial charge in [-0.05, 0) is 62.9 Å². The molecule has 2 fully saturated rings. The van der Waals surface area contributed by atoms with Crippen molar-refractivity contribution in [2.24, 2.45) is 0 Å². The first-order valence-corrected chi connectivity index (χ1v) is 13.3. The lowest BCUT2D eigenvalue weighted by molar-refractivity contribution is -0.0716. The van der Waals surface area contributed by atoms with E-state index in [1.165, 1.54) is 23.5 Å². The number of hydrogen-bond donors (Lipinski definition) is 1. The third-order valence-electron chi connectivity index (χ3n) is 6.91. The van der Waals surface area contributed by atoms with Crippen LogP contribution in [0.25, 0.3) is 0 Å². The molecule has 9 heteroatoms. The van der Waals surface area contributed by atoms with Gasteiger partial charge in [0.25, 0.3) is 11.7 Å². The topological polar surface area (TPSA) is 94.2 Å². The molecule has 182 valence electrons. The van der Waals surface area contributed by atoms with Gasteiger partial charge >= 0.3 is 0 Å². The van der Waals surface area contributed by atoms with Crippen LogP contribution in [0.1, 0.15) is 62.2 Å². The van der Waals surface area contributed by atoms with Crippen molar-refractivity contribution in [3.05, 3.63) is 42.0 Å². The van der Waals surface area contributed by atoms with Crippen molar-refractivity contribution in [2.45, 2.75) is 68.6 Å².